The molecule has 0 saturated heterocycles. The Kier molecular flexibility index (Phi) is 3.76. The number of fused-ring (bicyclic) bond motifs is 1. The van der Waals surface area contributed by atoms with Crippen LogP contribution in [-0.4, -0.2) is 29.3 Å². The van der Waals surface area contributed by atoms with Crippen LogP contribution in [0.4, 0.5) is 0 Å². The molecule has 4 nitrogen and oxygen atoms in total. The predicted octanol–water partition coefficient (Wildman–Crippen LogP) is 2.57. The maximum atomic E-state index is 5.68. The van der Waals surface area contributed by atoms with Crippen LogP contribution in [0.2, 0.25) is 0 Å². The Labute approximate surface area is 119 Å². The van der Waals surface area contributed by atoms with Gasteiger partial charge in [0.25, 0.3) is 0 Å². The molecule has 20 heavy (non-hydrogen) atoms. The van der Waals surface area contributed by atoms with Gasteiger partial charge in [0.05, 0.1) is 17.6 Å². The van der Waals surface area contributed by atoms with E-state index >= 15 is 0 Å². The molecule has 1 unspecified atom stereocenters. The Hall–Kier alpha value is -1.39. The molecular formula is C16H23N3O. The van der Waals surface area contributed by atoms with Crippen LogP contribution >= 0.6 is 0 Å². The Bertz CT molecular complexity index is 618. The molecule has 3 rings (SSSR count). The van der Waals surface area contributed by atoms with Crippen LogP contribution in [0.1, 0.15) is 42.6 Å². The third-order valence-corrected chi connectivity index (χ3v) is 4.23. The van der Waals surface area contributed by atoms with E-state index in [1.807, 2.05) is 6.92 Å². The van der Waals surface area contributed by atoms with Gasteiger partial charge in [0, 0.05) is 19.1 Å². The van der Waals surface area contributed by atoms with Crippen molar-refractivity contribution < 1.29 is 4.74 Å². The van der Waals surface area contributed by atoms with Crippen molar-refractivity contribution in [2.75, 3.05) is 19.8 Å². The summed E-state index contributed by atoms with van der Waals surface area (Å²) in [5.41, 5.74) is 10.9. The highest BCUT2D eigenvalue weighted by molar-refractivity contribution is 5.85. The van der Waals surface area contributed by atoms with Gasteiger partial charge in [-0.3, -0.25) is 0 Å². The first-order valence-corrected chi connectivity index (χ1v) is 7.55. The Morgan fingerprint density at radius 3 is 3.00 bits per heavy atom. The molecule has 0 spiro atoms. The average molecular weight is 273 g/mol. The van der Waals surface area contributed by atoms with E-state index in [0.717, 1.165) is 39.1 Å². The zero-order valence-corrected chi connectivity index (χ0v) is 12.4. The van der Waals surface area contributed by atoms with Gasteiger partial charge in [-0.15, -0.1) is 0 Å². The first kappa shape index (κ1) is 13.6. The molecule has 0 fully saturated rings. The summed E-state index contributed by atoms with van der Waals surface area (Å²) in [4.78, 5) is 4.85. The van der Waals surface area contributed by atoms with Crippen molar-refractivity contribution in [3.63, 3.8) is 0 Å². The van der Waals surface area contributed by atoms with Crippen molar-refractivity contribution in [3.8, 4) is 0 Å². The van der Waals surface area contributed by atoms with Crippen molar-refractivity contribution >= 4 is 11.0 Å². The fraction of sp³-hybridized carbons (Fsp3) is 0.562. The summed E-state index contributed by atoms with van der Waals surface area (Å²) < 4.78 is 7.83. The number of hydrogen-bond acceptors (Lipinski definition) is 3. The molecule has 0 radical (unpaired) electrons. The number of benzene rings is 1. The molecule has 1 aromatic carbocycles. The van der Waals surface area contributed by atoms with Crippen molar-refractivity contribution in [3.05, 3.63) is 29.1 Å². The normalized spacial score (nSPS) is 16.6. The lowest BCUT2D eigenvalue weighted by molar-refractivity contribution is 0.139. The van der Waals surface area contributed by atoms with Gasteiger partial charge in [-0.25, -0.2) is 4.98 Å². The van der Waals surface area contributed by atoms with Crippen molar-refractivity contribution in [1.82, 2.24) is 9.55 Å². The lowest BCUT2D eigenvalue weighted by Crippen LogP contribution is -2.16. The number of nitrogens with two attached hydrogens (primary N) is 1. The number of aromatic nitrogens is 2. The van der Waals surface area contributed by atoms with Gasteiger partial charge in [-0.2, -0.15) is 0 Å². The van der Waals surface area contributed by atoms with Gasteiger partial charge in [0.15, 0.2) is 0 Å². The predicted molar refractivity (Wildman–Crippen MR) is 81.1 cm³/mol. The minimum absolute atomic E-state index is 0.434. The number of hydrogen-bond donors (Lipinski definition) is 1. The summed E-state index contributed by atoms with van der Waals surface area (Å²) in [6.07, 6.45) is 2.14. The monoisotopic (exact) mass is 273 g/mol. The minimum Gasteiger partial charge on any atom is -0.380 e. The minimum atomic E-state index is 0.434. The van der Waals surface area contributed by atoms with E-state index in [0.29, 0.717) is 5.92 Å². The maximum absolute atomic E-state index is 5.68. The molecule has 2 heterocycles. The molecule has 1 atom stereocenters. The third-order valence-electron chi connectivity index (χ3n) is 4.23. The van der Waals surface area contributed by atoms with E-state index in [-0.39, 0.29) is 0 Å². The quantitative estimate of drug-likeness (QED) is 0.789. The fourth-order valence-corrected chi connectivity index (χ4v) is 3.30. The van der Waals surface area contributed by atoms with Crippen molar-refractivity contribution in [2.45, 2.75) is 39.2 Å². The van der Waals surface area contributed by atoms with Gasteiger partial charge in [0.2, 0.25) is 0 Å². The Morgan fingerprint density at radius 1 is 1.40 bits per heavy atom. The summed E-state index contributed by atoms with van der Waals surface area (Å²) in [6, 6.07) is 4.41. The van der Waals surface area contributed by atoms with Crippen molar-refractivity contribution in [1.29, 1.82) is 0 Å². The maximum Gasteiger partial charge on any atom is 0.117 e. The summed E-state index contributed by atoms with van der Waals surface area (Å²) in [5, 5.41) is 0. The molecule has 4 heteroatoms. The summed E-state index contributed by atoms with van der Waals surface area (Å²) >= 11 is 0. The number of ether oxygens (including phenoxy) is 1. The smallest absolute Gasteiger partial charge is 0.117 e. The highest BCUT2D eigenvalue weighted by Crippen LogP contribution is 2.42. The number of imidazole rings is 1. The first-order valence-electron chi connectivity index (χ1n) is 7.55. The molecule has 0 aliphatic carbocycles. The number of rotatable bonds is 7. The van der Waals surface area contributed by atoms with Crippen LogP contribution in [0.25, 0.3) is 11.0 Å². The van der Waals surface area contributed by atoms with Gasteiger partial charge < -0.3 is 15.0 Å². The molecule has 0 saturated carbocycles. The van der Waals surface area contributed by atoms with Gasteiger partial charge >= 0.3 is 0 Å². The topological polar surface area (TPSA) is 53.1 Å². The SMILES string of the molecule is CCOCCn1c2nc3c(c(C)ccc31)C2CCCN. The van der Waals surface area contributed by atoms with E-state index in [1.54, 1.807) is 0 Å². The molecule has 1 aromatic heterocycles. The fourth-order valence-electron chi connectivity index (χ4n) is 3.30. The Morgan fingerprint density at radius 2 is 2.25 bits per heavy atom. The second kappa shape index (κ2) is 5.54. The van der Waals surface area contributed by atoms with Crippen molar-refractivity contribution in [2.24, 2.45) is 5.73 Å². The zero-order chi connectivity index (χ0) is 14.1. The van der Waals surface area contributed by atoms with Crippen LogP contribution in [-0.2, 0) is 11.3 Å². The highest BCUT2D eigenvalue weighted by atomic mass is 16.5. The summed E-state index contributed by atoms with van der Waals surface area (Å²) in [6.45, 7) is 7.37. The van der Waals surface area contributed by atoms with Gasteiger partial charge in [0.1, 0.15) is 5.82 Å². The zero-order valence-electron chi connectivity index (χ0n) is 12.4. The van der Waals surface area contributed by atoms with Crippen LogP contribution in [0, 0.1) is 6.92 Å². The number of aryl methyl sites for hydroxylation is 1. The van der Waals surface area contributed by atoms with E-state index in [1.165, 1.54) is 28.0 Å². The van der Waals surface area contributed by atoms with Gasteiger partial charge in [-0.1, -0.05) is 6.07 Å². The summed E-state index contributed by atoms with van der Waals surface area (Å²) in [7, 11) is 0. The lowest BCUT2D eigenvalue weighted by Gasteiger charge is -2.22. The largest absolute Gasteiger partial charge is 0.380 e. The molecule has 2 bridgehead atoms. The standard InChI is InChI=1S/C16H23N3O/c1-3-20-10-9-19-13-7-6-11(2)14-12(5-4-8-17)16(19)18-15(13)14/h6-7,12H,3-5,8-10,17H2,1-2H3. The Balaban J connectivity index is 1.96. The molecule has 1 aliphatic heterocycles. The van der Waals surface area contributed by atoms with Crippen LogP contribution in [0.5, 0.6) is 0 Å². The number of nitrogens with zero attached hydrogens (tertiary/aromatic N) is 2. The molecule has 2 aromatic rings. The van der Waals surface area contributed by atoms with E-state index in [4.69, 9.17) is 15.5 Å². The highest BCUT2D eigenvalue weighted by Gasteiger charge is 2.32. The molecule has 108 valence electrons. The van der Waals surface area contributed by atoms with E-state index < -0.39 is 0 Å². The van der Waals surface area contributed by atoms with E-state index in [9.17, 15) is 0 Å². The molecule has 2 N–H and O–H groups in total. The van der Waals surface area contributed by atoms with Crippen LogP contribution in [0.3, 0.4) is 0 Å². The molecule has 1 aliphatic rings. The third kappa shape index (κ3) is 2.03. The molecular weight excluding hydrogens is 250 g/mol. The molecule has 0 amide bonds. The lowest BCUT2D eigenvalue weighted by atomic mass is 9.89. The van der Waals surface area contributed by atoms with Crippen LogP contribution in [0.15, 0.2) is 12.1 Å². The first-order chi connectivity index (χ1) is 9.77. The average Bonchev–Trinajstić information content (AvgIpc) is 2.99. The second-order valence-corrected chi connectivity index (χ2v) is 5.47. The van der Waals surface area contributed by atoms with E-state index in [2.05, 4.69) is 23.6 Å². The van der Waals surface area contributed by atoms with Crippen LogP contribution < -0.4 is 5.73 Å². The second-order valence-electron chi connectivity index (χ2n) is 5.47. The van der Waals surface area contributed by atoms with Gasteiger partial charge in [-0.05, 0) is 50.4 Å². The summed E-state index contributed by atoms with van der Waals surface area (Å²) in [5.74, 6) is 1.64.